The Morgan fingerprint density at radius 2 is 1.17 bits per heavy atom. The quantitative estimate of drug-likeness (QED) is 0.0962. The normalized spacial score (nSPS) is 16.4. The van der Waals surface area contributed by atoms with Crippen LogP contribution in [0, 0.1) is 0 Å². The standard InChI is InChI=1S/C27H48N6O8/c1-39-23(34)22(33-27(38)41-19-17-29-25(36)32-21-12-6-3-7-13-21)14-8-9-15-30-26(37)40-18-16-28-24(35)31-20-10-4-2-5-11-20/h20-22H,2-19H2,1H3,(H,30,37)(H,33,38)(H2,28,31,35)(H2,29,32,36). The van der Waals surface area contributed by atoms with E-state index in [1.54, 1.807) is 0 Å². The summed E-state index contributed by atoms with van der Waals surface area (Å²) in [4.78, 5) is 59.8. The summed E-state index contributed by atoms with van der Waals surface area (Å²) in [6.45, 7) is 0.644. The maximum absolute atomic E-state index is 12.1. The van der Waals surface area contributed by atoms with Gasteiger partial charge in [-0.25, -0.2) is 24.0 Å². The van der Waals surface area contributed by atoms with Crippen LogP contribution in [0.2, 0.25) is 0 Å². The summed E-state index contributed by atoms with van der Waals surface area (Å²) in [5.74, 6) is -0.612. The van der Waals surface area contributed by atoms with E-state index in [-0.39, 0.29) is 56.9 Å². The first-order chi connectivity index (χ1) is 19.9. The molecule has 0 aromatic heterocycles. The van der Waals surface area contributed by atoms with Crippen molar-refractivity contribution in [2.75, 3.05) is 40.0 Å². The van der Waals surface area contributed by atoms with Crippen molar-refractivity contribution in [2.45, 2.75) is 102 Å². The Morgan fingerprint density at radius 3 is 1.68 bits per heavy atom. The molecule has 6 amide bonds. The molecular weight excluding hydrogens is 536 g/mol. The van der Waals surface area contributed by atoms with Gasteiger partial charge >= 0.3 is 30.2 Å². The Labute approximate surface area is 242 Å². The van der Waals surface area contributed by atoms with Crippen molar-refractivity contribution in [3.63, 3.8) is 0 Å². The number of carbonyl (C=O) groups excluding carboxylic acids is 5. The number of unbranched alkanes of at least 4 members (excludes halogenated alkanes) is 1. The summed E-state index contributed by atoms with van der Waals surface area (Å²) < 4.78 is 14.9. The highest BCUT2D eigenvalue weighted by atomic mass is 16.6. The van der Waals surface area contributed by atoms with Crippen LogP contribution < -0.4 is 31.9 Å². The Kier molecular flexibility index (Phi) is 16.8. The first kappa shape index (κ1) is 33.8. The van der Waals surface area contributed by atoms with Gasteiger partial charge in [-0.3, -0.25) is 0 Å². The highest BCUT2D eigenvalue weighted by Gasteiger charge is 2.22. The lowest BCUT2D eigenvalue weighted by atomic mass is 9.96. The molecule has 2 aliphatic rings. The SMILES string of the molecule is COC(=O)C(CCCCNC(=O)OCCNC(=O)NC1CCCCC1)NC(=O)OCCNC(=O)NC1CCCCC1. The minimum atomic E-state index is -0.909. The Balaban J connectivity index is 1.49. The minimum absolute atomic E-state index is 0.0427. The van der Waals surface area contributed by atoms with Crippen LogP contribution >= 0.6 is 0 Å². The molecule has 0 aromatic carbocycles. The van der Waals surface area contributed by atoms with E-state index in [2.05, 4.69) is 31.9 Å². The molecule has 0 radical (unpaired) electrons. The molecule has 1 unspecified atom stereocenters. The first-order valence-corrected chi connectivity index (χ1v) is 14.9. The fourth-order valence-electron chi connectivity index (χ4n) is 4.87. The van der Waals surface area contributed by atoms with Crippen LogP contribution in [0.15, 0.2) is 0 Å². The Bertz CT molecular complexity index is 818. The number of amides is 6. The molecule has 1 atom stereocenters. The van der Waals surface area contributed by atoms with E-state index < -0.39 is 24.2 Å². The Hall–Kier alpha value is -3.45. The molecular formula is C27H48N6O8. The molecule has 0 saturated heterocycles. The zero-order chi connectivity index (χ0) is 29.7. The molecule has 41 heavy (non-hydrogen) atoms. The van der Waals surface area contributed by atoms with Crippen LogP contribution in [-0.2, 0) is 19.0 Å². The third-order valence-corrected chi connectivity index (χ3v) is 7.09. The number of urea groups is 2. The monoisotopic (exact) mass is 584 g/mol. The molecule has 2 rings (SSSR count). The third kappa shape index (κ3) is 15.8. The van der Waals surface area contributed by atoms with E-state index >= 15 is 0 Å². The van der Waals surface area contributed by atoms with E-state index in [9.17, 15) is 24.0 Å². The van der Waals surface area contributed by atoms with Gasteiger partial charge in [0, 0.05) is 18.6 Å². The van der Waals surface area contributed by atoms with Gasteiger partial charge in [-0.2, -0.15) is 0 Å². The smallest absolute Gasteiger partial charge is 0.407 e. The third-order valence-electron chi connectivity index (χ3n) is 7.09. The maximum atomic E-state index is 12.1. The topological polar surface area (TPSA) is 185 Å². The van der Waals surface area contributed by atoms with Crippen molar-refractivity contribution in [1.29, 1.82) is 0 Å². The molecule has 0 aliphatic heterocycles. The number of carbonyl (C=O) groups is 5. The molecule has 6 N–H and O–H groups in total. The molecule has 0 bridgehead atoms. The van der Waals surface area contributed by atoms with Gasteiger partial charge in [0.1, 0.15) is 19.3 Å². The molecule has 2 fully saturated rings. The van der Waals surface area contributed by atoms with Gasteiger partial charge in [0.2, 0.25) is 0 Å². The van der Waals surface area contributed by atoms with Crippen molar-refractivity contribution in [1.82, 2.24) is 31.9 Å². The molecule has 2 saturated carbocycles. The zero-order valence-corrected chi connectivity index (χ0v) is 24.2. The average Bonchev–Trinajstić information content (AvgIpc) is 2.97. The van der Waals surface area contributed by atoms with E-state index in [1.807, 2.05) is 0 Å². The summed E-state index contributed by atoms with van der Waals surface area (Å²) in [5.41, 5.74) is 0. The molecule has 2 aliphatic carbocycles. The van der Waals surface area contributed by atoms with Crippen molar-refractivity contribution in [2.24, 2.45) is 0 Å². The average molecular weight is 585 g/mol. The number of esters is 1. The summed E-state index contributed by atoms with van der Waals surface area (Å²) in [6, 6.07) is -1.07. The lowest BCUT2D eigenvalue weighted by Crippen LogP contribution is -2.45. The summed E-state index contributed by atoms with van der Waals surface area (Å²) in [5, 5.41) is 16.2. The number of ether oxygens (including phenoxy) is 3. The van der Waals surface area contributed by atoms with E-state index in [0.717, 1.165) is 51.4 Å². The molecule has 234 valence electrons. The van der Waals surface area contributed by atoms with E-state index in [4.69, 9.17) is 14.2 Å². The van der Waals surface area contributed by atoms with Gasteiger partial charge in [0.15, 0.2) is 0 Å². The van der Waals surface area contributed by atoms with Crippen molar-refractivity contribution in [3.05, 3.63) is 0 Å². The second-order valence-electron chi connectivity index (χ2n) is 10.4. The van der Waals surface area contributed by atoms with Gasteiger partial charge in [0.25, 0.3) is 0 Å². The van der Waals surface area contributed by atoms with E-state index in [0.29, 0.717) is 19.4 Å². The number of hydrogen-bond acceptors (Lipinski definition) is 8. The molecule has 0 spiro atoms. The minimum Gasteiger partial charge on any atom is -0.467 e. The fourth-order valence-corrected chi connectivity index (χ4v) is 4.87. The maximum Gasteiger partial charge on any atom is 0.407 e. The lowest BCUT2D eigenvalue weighted by molar-refractivity contribution is -0.143. The number of methoxy groups -OCH3 is 1. The van der Waals surface area contributed by atoms with Gasteiger partial charge in [0.05, 0.1) is 20.2 Å². The zero-order valence-electron chi connectivity index (χ0n) is 24.2. The summed E-state index contributed by atoms with van der Waals surface area (Å²) >= 11 is 0. The van der Waals surface area contributed by atoms with Crippen LogP contribution in [-0.4, -0.2) is 88.3 Å². The second kappa shape index (κ2) is 20.4. The van der Waals surface area contributed by atoms with Gasteiger partial charge in [-0.1, -0.05) is 38.5 Å². The van der Waals surface area contributed by atoms with Gasteiger partial charge in [-0.15, -0.1) is 0 Å². The van der Waals surface area contributed by atoms with Crippen molar-refractivity contribution >= 4 is 30.2 Å². The van der Waals surface area contributed by atoms with Gasteiger partial charge in [-0.05, 0) is 44.9 Å². The fraction of sp³-hybridized carbons (Fsp3) is 0.815. The second-order valence-corrected chi connectivity index (χ2v) is 10.4. The molecule has 14 nitrogen and oxygen atoms in total. The molecule has 0 heterocycles. The first-order valence-electron chi connectivity index (χ1n) is 14.9. The summed E-state index contributed by atoms with van der Waals surface area (Å²) in [7, 11) is 1.23. The Morgan fingerprint density at radius 1 is 0.659 bits per heavy atom. The van der Waals surface area contributed by atoms with Crippen LogP contribution in [0.4, 0.5) is 19.2 Å². The molecule has 14 heteroatoms. The number of rotatable bonds is 15. The summed E-state index contributed by atoms with van der Waals surface area (Å²) in [6.07, 6.45) is 10.7. The largest absolute Gasteiger partial charge is 0.467 e. The van der Waals surface area contributed by atoms with Crippen LogP contribution in [0.3, 0.4) is 0 Å². The van der Waals surface area contributed by atoms with Crippen molar-refractivity contribution in [3.8, 4) is 0 Å². The number of alkyl carbamates (subject to hydrolysis) is 2. The van der Waals surface area contributed by atoms with Crippen LogP contribution in [0.5, 0.6) is 0 Å². The number of nitrogens with one attached hydrogen (secondary N) is 6. The van der Waals surface area contributed by atoms with Crippen molar-refractivity contribution < 1.29 is 38.2 Å². The van der Waals surface area contributed by atoms with E-state index in [1.165, 1.54) is 20.0 Å². The highest BCUT2D eigenvalue weighted by Crippen LogP contribution is 2.17. The predicted molar refractivity (Wildman–Crippen MR) is 150 cm³/mol. The lowest BCUT2D eigenvalue weighted by Gasteiger charge is -2.22. The molecule has 0 aromatic rings. The van der Waals surface area contributed by atoms with Gasteiger partial charge < -0.3 is 46.1 Å². The van der Waals surface area contributed by atoms with Crippen LogP contribution in [0.25, 0.3) is 0 Å². The predicted octanol–water partition coefficient (Wildman–Crippen LogP) is 2.41. The number of hydrogen-bond donors (Lipinski definition) is 6. The van der Waals surface area contributed by atoms with Crippen LogP contribution in [0.1, 0.15) is 83.5 Å². The highest BCUT2D eigenvalue weighted by molar-refractivity contribution is 5.81.